The molecule has 0 heterocycles. The van der Waals surface area contributed by atoms with Gasteiger partial charge in [-0.25, -0.2) is 0 Å². The summed E-state index contributed by atoms with van der Waals surface area (Å²) in [4.78, 5) is 28.4. The monoisotopic (exact) mass is 373 g/mol. The van der Waals surface area contributed by atoms with E-state index < -0.39 is 6.04 Å². The van der Waals surface area contributed by atoms with Crippen LogP contribution in [0.2, 0.25) is 5.02 Å². The van der Waals surface area contributed by atoms with E-state index in [1.807, 2.05) is 30.3 Å². The van der Waals surface area contributed by atoms with Gasteiger partial charge in [-0.2, -0.15) is 0 Å². The number of likely N-dealkylation sites (N-methyl/N-ethyl adjacent to an activating group) is 3. The van der Waals surface area contributed by atoms with Gasteiger partial charge in [0.15, 0.2) is 0 Å². The summed E-state index contributed by atoms with van der Waals surface area (Å²) in [6.45, 7) is 0.656. The molecular formula is C20H24ClN3O2. The van der Waals surface area contributed by atoms with Crippen LogP contribution in [0, 0.1) is 0 Å². The molecule has 1 atom stereocenters. The normalized spacial score (nSPS) is 11.9. The Balaban J connectivity index is 2.08. The Morgan fingerprint density at radius 1 is 1.04 bits per heavy atom. The maximum Gasteiger partial charge on any atom is 0.241 e. The molecule has 0 unspecified atom stereocenters. The Morgan fingerprint density at radius 3 is 2.23 bits per heavy atom. The molecule has 2 aromatic rings. The van der Waals surface area contributed by atoms with Crippen LogP contribution in [-0.2, 0) is 16.1 Å². The van der Waals surface area contributed by atoms with E-state index in [-0.39, 0.29) is 18.4 Å². The molecule has 26 heavy (non-hydrogen) atoms. The summed E-state index contributed by atoms with van der Waals surface area (Å²) in [7, 11) is 5.12. The van der Waals surface area contributed by atoms with Gasteiger partial charge in [-0.05, 0) is 30.3 Å². The standard InChI is InChI=1S/C20H24ClN3O2/c1-22-20(26)19(16-9-11-17(21)12-10-16)24(3)14-18(25)23(2)13-15-7-5-4-6-8-15/h4-12,19H,13-14H2,1-3H3,(H,22,26)/t19-/m1/s1. The van der Waals surface area contributed by atoms with E-state index in [0.29, 0.717) is 11.6 Å². The van der Waals surface area contributed by atoms with E-state index in [2.05, 4.69) is 5.32 Å². The summed E-state index contributed by atoms with van der Waals surface area (Å²) in [5.74, 6) is -0.229. The van der Waals surface area contributed by atoms with Crippen LogP contribution in [0.5, 0.6) is 0 Å². The van der Waals surface area contributed by atoms with Crippen LogP contribution >= 0.6 is 11.6 Å². The molecule has 138 valence electrons. The summed E-state index contributed by atoms with van der Waals surface area (Å²) in [6, 6.07) is 16.3. The minimum atomic E-state index is -0.564. The zero-order chi connectivity index (χ0) is 19.1. The molecule has 2 amide bonds. The van der Waals surface area contributed by atoms with Gasteiger partial charge in [0.1, 0.15) is 6.04 Å². The zero-order valence-corrected chi connectivity index (χ0v) is 16.0. The maximum absolute atomic E-state index is 12.6. The molecule has 0 spiro atoms. The first-order chi connectivity index (χ1) is 12.4. The fourth-order valence-electron chi connectivity index (χ4n) is 2.76. The number of hydrogen-bond acceptors (Lipinski definition) is 3. The van der Waals surface area contributed by atoms with Crippen molar-refractivity contribution in [1.29, 1.82) is 0 Å². The van der Waals surface area contributed by atoms with Crippen LogP contribution < -0.4 is 5.32 Å². The van der Waals surface area contributed by atoms with E-state index >= 15 is 0 Å². The van der Waals surface area contributed by atoms with Crippen molar-refractivity contribution in [1.82, 2.24) is 15.1 Å². The van der Waals surface area contributed by atoms with E-state index in [1.165, 1.54) is 0 Å². The lowest BCUT2D eigenvalue weighted by Gasteiger charge is -2.28. The van der Waals surface area contributed by atoms with Crippen molar-refractivity contribution in [2.24, 2.45) is 0 Å². The molecule has 0 radical (unpaired) electrons. The lowest BCUT2D eigenvalue weighted by Crippen LogP contribution is -2.42. The highest BCUT2D eigenvalue weighted by Crippen LogP contribution is 2.22. The van der Waals surface area contributed by atoms with Gasteiger partial charge in [-0.1, -0.05) is 54.1 Å². The second kappa shape index (κ2) is 9.36. The largest absolute Gasteiger partial charge is 0.358 e. The van der Waals surface area contributed by atoms with Crippen LogP contribution in [0.3, 0.4) is 0 Å². The lowest BCUT2D eigenvalue weighted by atomic mass is 10.0. The third kappa shape index (κ3) is 5.31. The number of benzene rings is 2. The highest BCUT2D eigenvalue weighted by Gasteiger charge is 2.26. The molecule has 0 aliphatic heterocycles. The fourth-order valence-corrected chi connectivity index (χ4v) is 2.88. The number of carbonyl (C=O) groups is 2. The Kier molecular flexibility index (Phi) is 7.18. The van der Waals surface area contributed by atoms with Gasteiger partial charge >= 0.3 is 0 Å². The van der Waals surface area contributed by atoms with Gasteiger partial charge in [-0.15, -0.1) is 0 Å². The van der Waals surface area contributed by atoms with E-state index in [4.69, 9.17) is 11.6 Å². The topological polar surface area (TPSA) is 52.7 Å². The van der Waals surface area contributed by atoms with Crippen LogP contribution in [-0.4, -0.2) is 49.3 Å². The molecule has 0 bridgehead atoms. The van der Waals surface area contributed by atoms with Gasteiger partial charge in [-0.3, -0.25) is 14.5 Å². The van der Waals surface area contributed by atoms with E-state index in [1.54, 1.807) is 55.2 Å². The van der Waals surface area contributed by atoms with Gasteiger partial charge in [0.05, 0.1) is 6.54 Å². The number of nitrogens with zero attached hydrogens (tertiary/aromatic N) is 2. The van der Waals surface area contributed by atoms with Crippen molar-refractivity contribution >= 4 is 23.4 Å². The zero-order valence-electron chi connectivity index (χ0n) is 15.3. The average molecular weight is 374 g/mol. The number of hydrogen-bond donors (Lipinski definition) is 1. The number of halogens is 1. The molecule has 0 saturated heterocycles. The summed E-state index contributed by atoms with van der Waals surface area (Å²) < 4.78 is 0. The van der Waals surface area contributed by atoms with Crippen molar-refractivity contribution in [3.05, 3.63) is 70.7 Å². The third-order valence-corrected chi connectivity index (χ3v) is 4.45. The molecule has 0 aliphatic rings. The van der Waals surface area contributed by atoms with Gasteiger partial charge in [0.25, 0.3) is 0 Å². The average Bonchev–Trinajstić information content (AvgIpc) is 2.64. The van der Waals surface area contributed by atoms with Gasteiger partial charge in [0, 0.05) is 25.7 Å². The first-order valence-corrected chi connectivity index (χ1v) is 8.75. The van der Waals surface area contributed by atoms with E-state index in [0.717, 1.165) is 11.1 Å². The highest BCUT2D eigenvalue weighted by atomic mass is 35.5. The van der Waals surface area contributed by atoms with Gasteiger partial charge < -0.3 is 10.2 Å². The molecule has 2 aromatic carbocycles. The quantitative estimate of drug-likeness (QED) is 0.811. The number of rotatable bonds is 7. The summed E-state index contributed by atoms with van der Waals surface area (Å²) in [6.07, 6.45) is 0. The highest BCUT2D eigenvalue weighted by molar-refractivity contribution is 6.30. The number of carbonyl (C=O) groups excluding carboxylic acids is 2. The molecule has 0 fully saturated rings. The summed E-state index contributed by atoms with van der Waals surface area (Å²) >= 11 is 5.94. The molecule has 0 aromatic heterocycles. The van der Waals surface area contributed by atoms with Crippen molar-refractivity contribution in [3.63, 3.8) is 0 Å². The molecule has 5 nitrogen and oxygen atoms in total. The second-order valence-corrected chi connectivity index (χ2v) is 6.66. The summed E-state index contributed by atoms with van der Waals surface area (Å²) in [5.41, 5.74) is 1.85. The van der Waals surface area contributed by atoms with Crippen LogP contribution in [0.4, 0.5) is 0 Å². The van der Waals surface area contributed by atoms with Crippen molar-refractivity contribution in [2.75, 3.05) is 27.7 Å². The molecule has 6 heteroatoms. The number of amides is 2. The van der Waals surface area contributed by atoms with Crippen molar-refractivity contribution in [2.45, 2.75) is 12.6 Å². The first-order valence-electron chi connectivity index (χ1n) is 8.37. The lowest BCUT2D eigenvalue weighted by molar-refractivity contribution is -0.133. The Hall–Kier alpha value is -2.37. The predicted octanol–water partition coefficient (Wildman–Crippen LogP) is 2.72. The van der Waals surface area contributed by atoms with Gasteiger partial charge in [0.2, 0.25) is 11.8 Å². The van der Waals surface area contributed by atoms with Crippen molar-refractivity contribution in [3.8, 4) is 0 Å². The molecule has 0 aliphatic carbocycles. The second-order valence-electron chi connectivity index (χ2n) is 6.22. The van der Waals surface area contributed by atoms with Crippen LogP contribution in [0.1, 0.15) is 17.2 Å². The molecule has 0 saturated carbocycles. The van der Waals surface area contributed by atoms with E-state index in [9.17, 15) is 9.59 Å². The molecule has 1 N–H and O–H groups in total. The SMILES string of the molecule is CNC(=O)[C@@H](c1ccc(Cl)cc1)N(C)CC(=O)N(C)Cc1ccccc1. The Bertz CT molecular complexity index is 734. The smallest absolute Gasteiger partial charge is 0.241 e. The molecule has 2 rings (SSSR count). The Morgan fingerprint density at radius 2 is 1.65 bits per heavy atom. The minimum absolute atomic E-state index is 0.0563. The fraction of sp³-hybridized carbons (Fsp3) is 0.300. The van der Waals surface area contributed by atoms with Crippen LogP contribution in [0.25, 0.3) is 0 Å². The maximum atomic E-state index is 12.6. The Labute approximate surface area is 159 Å². The molecular weight excluding hydrogens is 350 g/mol. The predicted molar refractivity (Wildman–Crippen MR) is 104 cm³/mol. The van der Waals surface area contributed by atoms with Crippen LogP contribution in [0.15, 0.2) is 54.6 Å². The van der Waals surface area contributed by atoms with Crippen molar-refractivity contribution < 1.29 is 9.59 Å². The number of nitrogens with one attached hydrogen (secondary N) is 1. The third-order valence-electron chi connectivity index (χ3n) is 4.19. The minimum Gasteiger partial charge on any atom is -0.358 e. The summed E-state index contributed by atoms with van der Waals surface area (Å²) in [5, 5.41) is 3.27. The first kappa shape index (κ1) is 19.9.